The summed E-state index contributed by atoms with van der Waals surface area (Å²) in [5.74, 6) is 0.642. The lowest BCUT2D eigenvalue weighted by Gasteiger charge is -2.22. The summed E-state index contributed by atoms with van der Waals surface area (Å²) in [5.41, 5.74) is 12.1. The number of amides is 2. The highest BCUT2D eigenvalue weighted by atomic mass is 16.2. The molecule has 42 heavy (non-hydrogen) atoms. The number of hydrogen-bond donors (Lipinski definition) is 2. The monoisotopic (exact) mass is 563 g/mol. The minimum absolute atomic E-state index is 0.00327. The van der Waals surface area contributed by atoms with Crippen LogP contribution < -0.4 is 11.1 Å². The van der Waals surface area contributed by atoms with Crippen LogP contribution in [0.3, 0.4) is 0 Å². The van der Waals surface area contributed by atoms with Gasteiger partial charge in [-0.3, -0.25) is 14.5 Å². The molecule has 1 atom stereocenters. The fourth-order valence-electron chi connectivity index (χ4n) is 5.86. The van der Waals surface area contributed by atoms with Gasteiger partial charge in [-0.25, -0.2) is 4.99 Å². The average molecular weight is 564 g/mol. The fraction of sp³-hybridized carbons (Fsp3) is 0.343. The molecule has 3 N–H and O–H groups in total. The first-order valence-electron chi connectivity index (χ1n) is 15.1. The molecule has 0 unspecified atom stereocenters. The molecular weight excluding hydrogens is 522 g/mol. The highest BCUT2D eigenvalue weighted by molar-refractivity contribution is 6.07. The lowest BCUT2D eigenvalue weighted by molar-refractivity contribution is -0.127. The largest absolute Gasteiger partial charge is 0.387 e. The molecular formula is C35H41N5O2. The maximum Gasteiger partial charge on any atom is 0.255 e. The van der Waals surface area contributed by atoms with Crippen molar-refractivity contribution in [2.45, 2.75) is 52.0 Å². The molecule has 7 heteroatoms. The van der Waals surface area contributed by atoms with E-state index in [9.17, 15) is 9.59 Å². The summed E-state index contributed by atoms with van der Waals surface area (Å²) in [4.78, 5) is 35.3. The predicted molar refractivity (Wildman–Crippen MR) is 171 cm³/mol. The average Bonchev–Trinajstić information content (AvgIpc) is 3.38. The molecule has 7 nitrogen and oxygen atoms in total. The van der Waals surface area contributed by atoms with Crippen LogP contribution in [-0.4, -0.2) is 53.6 Å². The van der Waals surface area contributed by atoms with E-state index in [1.54, 1.807) is 12.1 Å². The number of anilines is 1. The second-order valence-corrected chi connectivity index (χ2v) is 11.3. The number of nitrogens with two attached hydrogens (primary N) is 1. The van der Waals surface area contributed by atoms with Gasteiger partial charge in [-0.1, -0.05) is 62.4 Å². The van der Waals surface area contributed by atoms with Crippen molar-refractivity contribution in [3.8, 4) is 0 Å². The Bertz CT molecular complexity index is 1460. The highest BCUT2D eigenvalue weighted by Gasteiger charge is 2.24. The van der Waals surface area contributed by atoms with Crippen LogP contribution in [0, 0.1) is 0 Å². The Labute approximate surface area is 249 Å². The lowest BCUT2D eigenvalue weighted by atomic mass is 9.98. The molecule has 0 bridgehead atoms. The highest BCUT2D eigenvalue weighted by Crippen LogP contribution is 2.31. The van der Waals surface area contributed by atoms with Crippen LogP contribution in [0.5, 0.6) is 0 Å². The molecule has 3 aromatic carbocycles. The van der Waals surface area contributed by atoms with Crippen molar-refractivity contribution in [1.29, 1.82) is 0 Å². The van der Waals surface area contributed by atoms with Crippen LogP contribution in [0.1, 0.15) is 72.5 Å². The van der Waals surface area contributed by atoms with Gasteiger partial charge in [0.1, 0.15) is 5.84 Å². The van der Waals surface area contributed by atoms with Gasteiger partial charge in [-0.15, -0.1) is 0 Å². The van der Waals surface area contributed by atoms with Gasteiger partial charge in [0.15, 0.2) is 0 Å². The molecule has 2 aliphatic rings. The first-order valence-corrected chi connectivity index (χ1v) is 15.1. The minimum atomic E-state index is -0.212. The first-order chi connectivity index (χ1) is 20.4. The first kappa shape index (κ1) is 29.3. The number of carbonyl (C=O) groups excluding carboxylic acids is 2. The maximum absolute atomic E-state index is 13.2. The normalized spacial score (nSPS) is 16.7. The third kappa shape index (κ3) is 7.15. The smallest absolute Gasteiger partial charge is 0.255 e. The zero-order valence-corrected chi connectivity index (χ0v) is 24.7. The van der Waals surface area contributed by atoms with Crippen LogP contribution in [0.15, 0.2) is 83.4 Å². The molecule has 0 spiro atoms. The SMILES string of the molecule is CCCN(CCC)C(=O)C1=Cc2ccc(C(=O)Nc3ccc([C@@H]4CCN(Cc5ccccc5)C4)cc3)cc2N=C(N)C1. The summed E-state index contributed by atoms with van der Waals surface area (Å²) in [6, 6.07) is 24.2. The van der Waals surface area contributed by atoms with E-state index >= 15 is 0 Å². The second-order valence-electron chi connectivity index (χ2n) is 11.3. The Balaban J connectivity index is 1.23. The Morgan fingerprint density at radius 1 is 1.00 bits per heavy atom. The molecule has 0 aromatic heterocycles. The number of nitrogens with one attached hydrogen (secondary N) is 1. The predicted octanol–water partition coefficient (Wildman–Crippen LogP) is 6.35. The van der Waals surface area contributed by atoms with Gasteiger partial charge < -0.3 is 16.0 Å². The van der Waals surface area contributed by atoms with Gasteiger partial charge >= 0.3 is 0 Å². The molecule has 1 saturated heterocycles. The van der Waals surface area contributed by atoms with Crippen LogP contribution in [0.25, 0.3) is 6.08 Å². The summed E-state index contributed by atoms with van der Waals surface area (Å²) in [7, 11) is 0. The van der Waals surface area contributed by atoms with Crippen molar-refractivity contribution < 1.29 is 9.59 Å². The van der Waals surface area contributed by atoms with E-state index in [2.05, 4.69) is 71.5 Å². The molecule has 2 aliphatic heterocycles. The fourth-order valence-corrected chi connectivity index (χ4v) is 5.86. The van der Waals surface area contributed by atoms with Gasteiger partial charge in [-0.2, -0.15) is 0 Å². The molecule has 0 saturated carbocycles. The quantitative estimate of drug-likeness (QED) is 0.301. The number of benzene rings is 3. The number of rotatable bonds is 10. The van der Waals surface area contributed by atoms with E-state index in [0.29, 0.717) is 41.7 Å². The Kier molecular flexibility index (Phi) is 9.49. The van der Waals surface area contributed by atoms with Crippen molar-refractivity contribution in [3.63, 3.8) is 0 Å². The van der Waals surface area contributed by atoms with Crippen molar-refractivity contribution in [1.82, 2.24) is 9.80 Å². The molecule has 1 fully saturated rings. The van der Waals surface area contributed by atoms with E-state index in [1.807, 2.05) is 29.2 Å². The van der Waals surface area contributed by atoms with Crippen molar-refractivity contribution in [2.24, 2.45) is 10.7 Å². The van der Waals surface area contributed by atoms with Crippen molar-refractivity contribution in [3.05, 3.63) is 101 Å². The third-order valence-electron chi connectivity index (χ3n) is 7.97. The van der Waals surface area contributed by atoms with Crippen LogP contribution >= 0.6 is 0 Å². The molecule has 0 radical (unpaired) electrons. The number of aliphatic imine (C=N–C) groups is 1. The van der Waals surface area contributed by atoms with E-state index in [1.165, 1.54) is 11.1 Å². The number of fused-ring (bicyclic) bond motifs is 1. The molecule has 5 rings (SSSR count). The Morgan fingerprint density at radius 2 is 1.74 bits per heavy atom. The lowest BCUT2D eigenvalue weighted by Crippen LogP contribution is -2.34. The summed E-state index contributed by atoms with van der Waals surface area (Å²) >= 11 is 0. The van der Waals surface area contributed by atoms with Crippen LogP contribution in [0.4, 0.5) is 11.4 Å². The van der Waals surface area contributed by atoms with Crippen LogP contribution in [-0.2, 0) is 11.3 Å². The summed E-state index contributed by atoms with van der Waals surface area (Å²) in [5, 5.41) is 3.02. The number of carbonyl (C=O) groups is 2. The van der Waals surface area contributed by atoms with E-state index in [-0.39, 0.29) is 18.2 Å². The van der Waals surface area contributed by atoms with Crippen LogP contribution in [0.2, 0.25) is 0 Å². The van der Waals surface area contributed by atoms with Gasteiger partial charge in [0.05, 0.1) is 5.69 Å². The van der Waals surface area contributed by atoms with Crippen molar-refractivity contribution in [2.75, 3.05) is 31.5 Å². The number of hydrogen-bond acceptors (Lipinski definition) is 5. The molecule has 2 heterocycles. The van der Waals surface area contributed by atoms with Gasteiger partial charge in [0, 0.05) is 55.0 Å². The van der Waals surface area contributed by atoms with E-state index in [4.69, 9.17) is 5.73 Å². The summed E-state index contributed by atoms with van der Waals surface area (Å²) in [6.07, 6.45) is 5.08. The van der Waals surface area contributed by atoms with Crippen molar-refractivity contribution >= 4 is 35.1 Å². The maximum atomic E-state index is 13.2. The molecule has 218 valence electrons. The standard InChI is InChI=1S/C35H41N5O2/c1-3-17-40(18-4-2)35(42)30-20-27-10-11-28(21-32(27)38-33(36)22-30)34(41)37-31-14-12-26(13-15-31)29-16-19-39(24-29)23-25-8-6-5-7-9-25/h5-15,20-21,29H,3-4,16-19,22-24H2,1-2H3,(H2,36,38)(H,37,41)/t29-/m1/s1. The summed E-state index contributed by atoms with van der Waals surface area (Å²) in [6.45, 7) is 8.66. The third-order valence-corrected chi connectivity index (χ3v) is 7.97. The zero-order valence-electron chi connectivity index (χ0n) is 24.7. The molecule has 2 amide bonds. The number of nitrogens with zero attached hydrogens (tertiary/aromatic N) is 3. The van der Waals surface area contributed by atoms with Gasteiger partial charge in [0.2, 0.25) is 5.91 Å². The summed E-state index contributed by atoms with van der Waals surface area (Å²) < 4.78 is 0. The zero-order chi connectivity index (χ0) is 29.5. The Morgan fingerprint density at radius 3 is 2.45 bits per heavy atom. The van der Waals surface area contributed by atoms with Gasteiger partial charge in [0.25, 0.3) is 5.91 Å². The number of likely N-dealkylation sites (tertiary alicyclic amines) is 1. The van der Waals surface area contributed by atoms with Gasteiger partial charge in [-0.05, 0) is 73.2 Å². The topological polar surface area (TPSA) is 91.0 Å². The number of amidine groups is 1. The molecule has 3 aromatic rings. The molecule has 0 aliphatic carbocycles. The minimum Gasteiger partial charge on any atom is -0.387 e. The second kappa shape index (κ2) is 13.6. The van der Waals surface area contributed by atoms with E-state index < -0.39 is 0 Å². The Hall–Kier alpha value is -4.23. The van der Waals surface area contributed by atoms with E-state index in [0.717, 1.165) is 50.1 Å².